The van der Waals surface area contributed by atoms with Crippen molar-refractivity contribution < 1.29 is 9.53 Å². The second kappa shape index (κ2) is 6.21. The Morgan fingerprint density at radius 3 is 2.60 bits per heavy atom. The predicted molar refractivity (Wildman–Crippen MR) is 96.2 cm³/mol. The van der Waals surface area contributed by atoms with E-state index in [-0.39, 0.29) is 17.3 Å². The molecule has 5 heteroatoms. The molecule has 3 heterocycles. The van der Waals surface area contributed by atoms with Gasteiger partial charge in [0, 0.05) is 37.1 Å². The Morgan fingerprint density at radius 1 is 1.20 bits per heavy atom. The molecule has 5 fully saturated rings. The molecule has 5 aliphatic rings. The minimum Gasteiger partial charge on any atom is -0.466 e. The van der Waals surface area contributed by atoms with E-state index in [1.165, 1.54) is 51.9 Å². The summed E-state index contributed by atoms with van der Waals surface area (Å²) in [7, 11) is 0. The topological polar surface area (TPSA) is 44.8 Å². The molecule has 3 saturated heterocycles. The lowest BCUT2D eigenvalue weighted by molar-refractivity contribution is -0.171. The van der Waals surface area contributed by atoms with Crippen LogP contribution in [-0.2, 0) is 9.53 Å². The summed E-state index contributed by atoms with van der Waals surface area (Å²) in [5.41, 5.74) is 0.185. The number of likely N-dealkylation sites (tertiary alicyclic amines) is 2. The summed E-state index contributed by atoms with van der Waals surface area (Å²) in [6.45, 7) is 9.54. The van der Waals surface area contributed by atoms with Crippen molar-refractivity contribution in [2.75, 3.05) is 45.9 Å². The Labute approximate surface area is 151 Å². The van der Waals surface area contributed by atoms with E-state index in [4.69, 9.17) is 4.74 Å². The zero-order valence-electron chi connectivity index (χ0n) is 15.6. The second-order valence-electron chi connectivity index (χ2n) is 9.27. The van der Waals surface area contributed by atoms with Gasteiger partial charge in [0.1, 0.15) is 0 Å². The lowest BCUT2D eigenvalue weighted by Crippen LogP contribution is -2.64. The SMILES string of the molecule is CCOC(=O)C1C(N2CCC(N3CC4CC4C3)CC2)CC12CCNC2. The van der Waals surface area contributed by atoms with Gasteiger partial charge in [-0.2, -0.15) is 0 Å². The van der Waals surface area contributed by atoms with Crippen LogP contribution in [0.2, 0.25) is 0 Å². The number of nitrogens with one attached hydrogen (secondary N) is 1. The Morgan fingerprint density at radius 2 is 1.96 bits per heavy atom. The minimum atomic E-state index is 0.0594. The highest BCUT2D eigenvalue weighted by atomic mass is 16.5. The number of piperidine rings is 2. The fourth-order valence-electron chi connectivity index (χ4n) is 6.41. The van der Waals surface area contributed by atoms with Crippen molar-refractivity contribution in [3.63, 3.8) is 0 Å². The number of nitrogens with zero attached hydrogens (tertiary/aromatic N) is 2. The summed E-state index contributed by atoms with van der Waals surface area (Å²) in [5, 5.41) is 3.48. The van der Waals surface area contributed by atoms with Crippen molar-refractivity contribution in [1.82, 2.24) is 15.1 Å². The first-order chi connectivity index (χ1) is 12.2. The molecule has 0 radical (unpaired) electrons. The first-order valence-corrected chi connectivity index (χ1v) is 10.6. The number of carbonyl (C=O) groups is 1. The summed E-state index contributed by atoms with van der Waals surface area (Å²) >= 11 is 0. The number of carbonyl (C=O) groups excluding carboxylic acids is 1. The highest BCUT2D eigenvalue weighted by Gasteiger charge is 2.60. The van der Waals surface area contributed by atoms with E-state index in [0.29, 0.717) is 12.6 Å². The normalized spacial score (nSPS) is 44.7. The van der Waals surface area contributed by atoms with Gasteiger partial charge < -0.3 is 10.1 Å². The van der Waals surface area contributed by atoms with Gasteiger partial charge in [-0.05, 0) is 70.5 Å². The summed E-state index contributed by atoms with van der Waals surface area (Å²) in [6, 6.07) is 1.22. The van der Waals surface area contributed by atoms with Crippen LogP contribution in [0, 0.1) is 23.2 Å². The van der Waals surface area contributed by atoms with Crippen LogP contribution >= 0.6 is 0 Å². The summed E-state index contributed by atoms with van der Waals surface area (Å²) in [5.74, 6) is 2.22. The first-order valence-electron chi connectivity index (χ1n) is 10.6. The summed E-state index contributed by atoms with van der Waals surface area (Å²) < 4.78 is 5.47. The number of esters is 1. The van der Waals surface area contributed by atoms with Crippen molar-refractivity contribution in [3.8, 4) is 0 Å². The van der Waals surface area contributed by atoms with E-state index in [0.717, 1.165) is 37.4 Å². The summed E-state index contributed by atoms with van der Waals surface area (Å²) in [4.78, 5) is 18.1. The molecule has 1 N–H and O–H groups in total. The molecular weight excluding hydrogens is 314 g/mol. The van der Waals surface area contributed by atoms with Gasteiger partial charge >= 0.3 is 5.97 Å². The van der Waals surface area contributed by atoms with Crippen LogP contribution in [0.25, 0.3) is 0 Å². The van der Waals surface area contributed by atoms with Crippen LogP contribution in [0.15, 0.2) is 0 Å². The largest absolute Gasteiger partial charge is 0.466 e. The minimum absolute atomic E-state index is 0.0594. The highest BCUT2D eigenvalue weighted by Crippen LogP contribution is 2.54. The van der Waals surface area contributed by atoms with Gasteiger partial charge in [0.2, 0.25) is 0 Å². The molecule has 5 atom stereocenters. The van der Waals surface area contributed by atoms with Crippen molar-refractivity contribution in [1.29, 1.82) is 0 Å². The zero-order chi connectivity index (χ0) is 17.0. The molecule has 0 aromatic carbocycles. The Hall–Kier alpha value is -0.650. The molecule has 0 aromatic rings. The Balaban J connectivity index is 1.20. The number of fused-ring (bicyclic) bond motifs is 1. The standard InChI is InChI=1S/C20H33N3O2/c1-2-25-19(24)18-17(10-20(18)5-6-21-13-20)22-7-3-16(4-8-22)23-11-14-9-15(14)12-23/h14-18,21H,2-13H2,1H3. The number of rotatable bonds is 4. The molecule has 5 nitrogen and oxygen atoms in total. The van der Waals surface area contributed by atoms with Gasteiger partial charge in [-0.3, -0.25) is 14.6 Å². The number of hydrogen-bond donors (Lipinski definition) is 1. The predicted octanol–water partition coefficient (Wildman–Crippen LogP) is 1.33. The third-order valence-corrected chi connectivity index (χ3v) is 7.97. The molecule has 2 saturated carbocycles. The van der Waals surface area contributed by atoms with Gasteiger partial charge in [-0.15, -0.1) is 0 Å². The van der Waals surface area contributed by atoms with E-state index in [1.54, 1.807) is 0 Å². The van der Waals surface area contributed by atoms with Crippen LogP contribution < -0.4 is 5.32 Å². The van der Waals surface area contributed by atoms with Crippen LogP contribution in [-0.4, -0.2) is 73.7 Å². The Bertz CT molecular complexity index is 515. The lowest BCUT2D eigenvalue weighted by Gasteiger charge is -2.56. The maximum atomic E-state index is 12.7. The molecule has 25 heavy (non-hydrogen) atoms. The van der Waals surface area contributed by atoms with Crippen molar-refractivity contribution >= 4 is 5.97 Å². The molecule has 0 amide bonds. The molecule has 140 valence electrons. The molecule has 5 rings (SSSR count). The molecule has 0 aromatic heterocycles. The van der Waals surface area contributed by atoms with Crippen LogP contribution in [0.1, 0.15) is 39.0 Å². The smallest absolute Gasteiger partial charge is 0.311 e. The Kier molecular flexibility index (Phi) is 4.10. The van der Waals surface area contributed by atoms with Crippen LogP contribution in [0.4, 0.5) is 0 Å². The monoisotopic (exact) mass is 347 g/mol. The first kappa shape index (κ1) is 16.5. The van der Waals surface area contributed by atoms with Crippen molar-refractivity contribution in [3.05, 3.63) is 0 Å². The van der Waals surface area contributed by atoms with E-state index in [2.05, 4.69) is 15.1 Å². The molecule has 3 aliphatic heterocycles. The zero-order valence-corrected chi connectivity index (χ0v) is 15.6. The highest BCUT2D eigenvalue weighted by molar-refractivity contribution is 5.76. The van der Waals surface area contributed by atoms with E-state index in [9.17, 15) is 4.79 Å². The van der Waals surface area contributed by atoms with Crippen LogP contribution in [0.3, 0.4) is 0 Å². The lowest BCUT2D eigenvalue weighted by atomic mass is 9.55. The average Bonchev–Trinajstić information content (AvgIpc) is 3.01. The fourth-order valence-corrected chi connectivity index (χ4v) is 6.41. The maximum Gasteiger partial charge on any atom is 0.311 e. The van der Waals surface area contributed by atoms with E-state index in [1.807, 2.05) is 6.92 Å². The second-order valence-corrected chi connectivity index (χ2v) is 9.27. The van der Waals surface area contributed by atoms with Crippen molar-refractivity contribution in [2.24, 2.45) is 23.2 Å². The molecule has 2 aliphatic carbocycles. The van der Waals surface area contributed by atoms with Gasteiger partial charge in [-0.25, -0.2) is 0 Å². The van der Waals surface area contributed by atoms with Crippen LogP contribution in [0.5, 0.6) is 0 Å². The van der Waals surface area contributed by atoms with E-state index >= 15 is 0 Å². The molecule has 5 unspecified atom stereocenters. The quantitative estimate of drug-likeness (QED) is 0.778. The number of hydrogen-bond acceptors (Lipinski definition) is 5. The fraction of sp³-hybridized carbons (Fsp3) is 0.950. The third kappa shape index (κ3) is 2.74. The van der Waals surface area contributed by atoms with E-state index < -0.39 is 0 Å². The average molecular weight is 348 g/mol. The summed E-state index contributed by atoms with van der Waals surface area (Å²) in [6.07, 6.45) is 6.39. The maximum absolute atomic E-state index is 12.7. The number of ether oxygens (including phenoxy) is 1. The van der Waals surface area contributed by atoms with Gasteiger partial charge in [0.15, 0.2) is 0 Å². The molecule has 0 bridgehead atoms. The van der Waals surface area contributed by atoms with Gasteiger partial charge in [0.25, 0.3) is 0 Å². The van der Waals surface area contributed by atoms with Gasteiger partial charge in [-0.1, -0.05) is 0 Å². The molecule has 1 spiro atoms. The third-order valence-electron chi connectivity index (χ3n) is 7.97. The van der Waals surface area contributed by atoms with Gasteiger partial charge in [0.05, 0.1) is 12.5 Å². The van der Waals surface area contributed by atoms with Crippen molar-refractivity contribution in [2.45, 2.75) is 51.1 Å². The molecular formula is C20H33N3O2.